The highest BCUT2D eigenvalue weighted by molar-refractivity contribution is 5.81. The maximum absolute atomic E-state index is 4.45. The van der Waals surface area contributed by atoms with E-state index in [9.17, 15) is 0 Å². The van der Waals surface area contributed by atoms with Gasteiger partial charge in [0.25, 0.3) is 0 Å². The van der Waals surface area contributed by atoms with E-state index in [0.29, 0.717) is 11.5 Å². The van der Waals surface area contributed by atoms with E-state index in [4.69, 9.17) is 0 Å². The Morgan fingerprint density at radius 3 is 2.69 bits per heavy atom. The first-order valence-electron chi connectivity index (χ1n) is 6.64. The fourth-order valence-electron chi connectivity index (χ4n) is 2.93. The number of nitrogens with zero attached hydrogens (tertiary/aromatic N) is 1. The van der Waals surface area contributed by atoms with E-state index < -0.39 is 0 Å². The van der Waals surface area contributed by atoms with E-state index in [1.807, 2.05) is 0 Å². The summed E-state index contributed by atoms with van der Waals surface area (Å²) in [6.07, 6.45) is 5.54. The van der Waals surface area contributed by atoms with Crippen LogP contribution in [0.15, 0.2) is 4.99 Å². The Morgan fingerprint density at radius 2 is 2.25 bits per heavy atom. The van der Waals surface area contributed by atoms with Gasteiger partial charge in [0.05, 0.1) is 6.54 Å². The van der Waals surface area contributed by atoms with Gasteiger partial charge in [-0.2, -0.15) is 0 Å². The van der Waals surface area contributed by atoms with Crippen molar-refractivity contribution in [3.8, 4) is 0 Å². The Labute approximate surface area is 99.1 Å². The first-order chi connectivity index (χ1) is 7.60. The molecule has 1 saturated carbocycles. The minimum Gasteiger partial charge on any atom is -0.356 e. The quantitative estimate of drug-likeness (QED) is 0.766. The number of rotatable bonds is 4. The summed E-state index contributed by atoms with van der Waals surface area (Å²) < 4.78 is 0. The molecule has 0 amide bonds. The summed E-state index contributed by atoms with van der Waals surface area (Å²) in [4.78, 5) is 4.45. The van der Waals surface area contributed by atoms with Gasteiger partial charge in [0.1, 0.15) is 0 Å². The predicted octanol–water partition coefficient (Wildman–Crippen LogP) is 2.14. The van der Waals surface area contributed by atoms with Gasteiger partial charge in [-0.3, -0.25) is 4.99 Å². The van der Waals surface area contributed by atoms with Crippen molar-refractivity contribution in [3.05, 3.63) is 0 Å². The van der Waals surface area contributed by atoms with Crippen LogP contribution in [0.1, 0.15) is 46.5 Å². The third kappa shape index (κ3) is 2.69. The number of hydrogen-bond donors (Lipinski definition) is 2. The first-order valence-corrected chi connectivity index (χ1v) is 6.64. The van der Waals surface area contributed by atoms with Gasteiger partial charge in [-0.25, -0.2) is 0 Å². The summed E-state index contributed by atoms with van der Waals surface area (Å²) in [5.41, 5.74) is 0.560. The van der Waals surface area contributed by atoms with E-state index in [0.717, 1.165) is 25.0 Å². The van der Waals surface area contributed by atoms with Crippen LogP contribution < -0.4 is 10.6 Å². The highest BCUT2D eigenvalue weighted by Crippen LogP contribution is 2.45. The second-order valence-corrected chi connectivity index (χ2v) is 6.04. The molecule has 1 aliphatic heterocycles. The molecule has 1 unspecified atom stereocenters. The lowest BCUT2D eigenvalue weighted by atomic mass is 9.64. The molecule has 2 rings (SSSR count). The molecule has 1 heterocycles. The van der Waals surface area contributed by atoms with E-state index in [2.05, 4.69) is 36.4 Å². The normalized spacial score (nSPS) is 27.2. The van der Waals surface area contributed by atoms with Crippen LogP contribution in [0.25, 0.3) is 0 Å². The van der Waals surface area contributed by atoms with Gasteiger partial charge in [0.15, 0.2) is 5.96 Å². The third-order valence-corrected chi connectivity index (χ3v) is 3.79. The fourth-order valence-corrected chi connectivity index (χ4v) is 2.93. The molecule has 0 aromatic rings. The predicted molar refractivity (Wildman–Crippen MR) is 68.6 cm³/mol. The summed E-state index contributed by atoms with van der Waals surface area (Å²) >= 11 is 0. The van der Waals surface area contributed by atoms with Crippen molar-refractivity contribution in [3.63, 3.8) is 0 Å². The Balaban J connectivity index is 1.79. The molecule has 0 saturated heterocycles. The van der Waals surface area contributed by atoms with Crippen molar-refractivity contribution >= 4 is 5.96 Å². The molecule has 92 valence electrons. The maximum atomic E-state index is 4.45. The van der Waals surface area contributed by atoms with E-state index in [1.165, 1.54) is 25.7 Å². The van der Waals surface area contributed by atoms with E-state index in [-0.39, 0.29) is 0 Å². The van der Waals surface area contributed by atoms with Crippen molar-refractivity contribution in [2.75, 3.05) is 13.1 Å². The lowest BCUT2D eigenvalue weighted by Crippen LogP contribution is -2.46. The summed E-state index contributed by atoms with van der Waals surface area (Å²) in [6, 6.07) is 0.505. The number of nitrogens with one attached hydrogen (secondary N) is 2. The highest BCUT2D eigenvalue weighted by Gasteiger charge is 2.37. The van der Waals surface area contributed by atoms with Crippen molar-refractivity contribution in [2.24, 2.45) is 16.3 Å². The number of aliphatic imine (C=N–C) groups is 1. The van der Waals surface area contributed by atoms with Crippen LogP contribution in [0.4, 0.5) is 0 Å². The van der Waals surface area contributed by atoms with Gasteiger partial charge >= 0.3 is 0 Å². The van der Waals surface area contributed by atoms with Crippen LogP contribution in [-0.2, 0) is 0 Å². The van der Waals surface area contributed by atoms with Gasteiger partial charge in [0, 0.05) is 12.6 Å². The molecule has 1 aliphatic carbocycles. The van der Waals surface area contributed by atoms with Gasteiger partial charge in [-0.1, -0.05) is 20.3 Å². The average Bonchev–Trinajstić information content (AvgIpc) is 2.55. The molecule has 0 aromatic heterocycles. The van der Waals surface area contributed by atoms with Crippen molar-refractivity contribution in [1.82, 2.24) is 10.6 Å². The maximum Gasteiger partial charge on any atom is 0.191 e. The zero-order valence-electron chi connectivity index (χ0n) is 10.8. The molecule has 2 N–H and O–H groups in total. The zero-order valence-corrected chi connectivity index (χ0v) is 10.8. The van der Waals surface area contributed by atoms with Gasteiger partial charge in [0.2, 0.25) is 0 Å². The second-order valence-electron chi connectivity index (χ2n) is 6.04. The smallest absolute Gasteiger partial charge is 0.191 e. The van der Waals surface area contributed by atoms with Crippen molar-refractivity contribution < 1.29 is 0 Å². The Hall–Kier alpha value is -0.730. The molecular formula is C13H25N3. The summed E-state index contributed by atoms with van der Waals surface area (Å²) in [5.74, 6) is 1.82. The standard InChI is InChI=1S/C13H25N3/c1-10(2)7-13(5-4-6-13)9-15-12-14-8-11(3)16-12/h10-11H,4-9H2,1-3H3,(H2,14,15,16). The summed E-state index contributed by atoms with van der Waals surface area (Å²) in [5, 5.41) is 6.87. The molecule has 1 fully saturated rings. The van der Waals surface area contributed by atoms with Crippen LogP contribution >= 0.6 is 0 Å². The Bertz CT molecular complexity index is 266. The molecule has 0 spiro atoms. The summed E-state index contributed by atoms with van der Waals surface area (Å²) in [6.45, 7) is 8.84. The van der Waals surface area contributed by atoms with Gasteiger partial charge in [-0.15, -0.1) is 0 Å². The molecule has 0 bridgehead atoms. The van der Waals surface area contributed by atoms with Gasteiger partial charge in [-0.05, 0) is 37.5 Å². The van der Waals surface area contributed by atoms with Gasteiger partial charge < -0.3 is 10.6 Å². The molecule has 1 atom stereocenters. The SMILES string of the molecule is CC(C)CC1(CNC2=NCC(C)N2)CCC1. The summed E-state index contributed by atoms with van der Waals surface area (Å²) in [7, 11) is 0. The van der Waals surface area contributed by atoms with Crippen LogP contribution in [0, 0.1) is 11.3 Å². The third-order valence-electron chi connectivity index (χ3n) is 3.79. The highest BCUT2D eigenvalue weighted by atomic mass is 15.2. The monoisotopic (exact) mass is 223 g/mol. The minimum atomic E-state index is 0.505. The van der Waals surface area contributed by atoms with E-state index in [1.54, 1.807) is 0 Å². The lowest BCUT2D eigenvalue weighted by molar-refractivity contribution is 0.105. The molecule has 3 heteroatoms. The van der Waals surface area contributed by atoms with Crippen LogP contribution in [-0.4, -0.2) is 25.1 Å². The van der Waals surface area contributed by atoms with Crippen LogP contribution in [0.3, 0.4) is 0 Å². The zero-order chi connectivity index (χ0) is 11.6. The lowest BCUT2D eigenvalue weighted by Gasteiger charge is -2.43. The second kappa shape index (κ2) is 4.64. The van der Waals surface area contributed by atoms with E-state index >= 15 is 0 Å². The van der Waals surface area contributed by atoms with Crippen molar-refractivity contribution in [1.29, 1.82) is 0 Å². The first kappa shape index (κ1) is 11.7. The van der Waals surface area contributed by atoms with Crippen LogP contribution in [0.5, 0.6) is 0 Å². The topological polar surface area (TPSA) is 36.4 Å². The molecule has 0 aromatic carbocycles. The number of guanidine groups is 1. The minimum absolute atomic E-state index is 0.505. The van der Waals surface area contributed by atoms with Crippen LogP contribution in [0.2, 0.25) is 0 Å². The molecule has 3 nitrogen and oxygen atoms in total. The number of hydrogen-bond acceptors (Lipinski definition) is 3. The Kier molecular flexibility index (Phi) is 3.41. The largest absolute Gasteiger partial charge is 0.356 e. The molecule has 0 radical (unpaired) electrons. The van der Waals surface area contributed by atoms with Crippen molar-refractivity contribution in [2.45, 2.75) is 52.5 Å². The molecule has 2 aliphatic rings. The Morgan fingerprint density at radius 1 is 1.50 bits per heavy atom. The molecular weight excluding hydrogens is 198 g/mol. The fraction of sp³-hybridized carbons (Fsp3) is 0.923. The average molecular weight is 223 g/mol. The molecule has 16 heavy (non-hydrogen) atoms.